The summed E-state index contributed by atoms with van der Waals surface area (Å²) in [6.07, 6.45) is 9.86. The summed E-state index contributed by atoms with van der Waals surface area (Å²) in [5.74, 6) is -0.472. The van der Waals surface area contributed by atoms with Gasteiger partial charge in [0.2, 0.25) is 5.60 Å². The van der Waals surface area contributed by atoms with Crippen LogP contribution in [0.15, 0.2) is 60.7 Å². The maximum atomic E-state index is 14.3. The highest BCUT2D eigenvalue weighted by Crippen LogP contribution is 2.47. The maximum absolute atomic E-state index is 14.3. The van der Waals surface area contributed by atoms with E-state index in [4.69, 9.17) is 18.9 Å². The molecular formula is C33H44NO6+. The van der Waals surface area contributed by atoms with Crippen LogP contribution in [0.5, 0.6) is 0 Å². The van der Waals surface area contributed by atoms with Gasteiger partial charge in [-0.1, -0.05) is 86.8 Å². The first kappa shape index (κ1) is 28.6. The van der Waals surface area contributed by atoms with E-state index < -0.39 is 24.5 Å². The fraction of sp³-hybridized carbons (Fsp3) is 0.576. The Labute approximate surface area is 238 Å². The molecule has 0 aromatic heterocycles. The number of hydrogen-bond donors (Lipinski definition) is 0. The minimum absolute atomic E-state index is 0.154. The maximum Gasteiger partial charge on any atom is 0.510 e. The Balaban J connectivity index is 1.33. The number of hydrogen-bond acceptors (Lipinski definition) is 6. The van der Waals surface area contributed by atoms with Crippen molar-refractivity contribution in [2.24, 2.45) is 0 Å². The molecule has 1 spiro atoms. The molecule has 216 valence electrons. The quantitative estimate of drug-likeness (QED) is 0.130. The van der Waals surface area contributed by atoms with Crippen LogP contribution < -0.4 is 0 Å². The van der Waals surface area contributed by atoms with Crippen LogP contribution in [-0.2, 0) is 29.3 Å². The molecule has 3 fully saturated rings. The number of carbonyl (C=O) groups is 2. The molecule has 40 heavy (non-hydrogen) atoms. The van der Waals surface area contributed by atoms with E-state index in [9.17, 15) is 9.59 Å². The van der Waals surface area contributed by atoms with Gasteiger partial charge in [0, 0.05) is 38.5 Å². The van der Waals surface area contributed by atoms with Crippen molar-refractivity contribution in [1.29, 1.82) is 0 Å². The van der Waals surface area contributed by atoms with Gasteiger partial charge in [-0.05, 0) is 17.5 Å². The minimum Gasteiger partial charge on any atom is -0.459 e. The Kier molecular flexibility index (Phi) is 9.43. The van der Waals surface area contributed by atoms with Crippen LogP contribution in [0.25, 0.3) is 0 Å². The molecule has 0 radical (unpaired) electrons. The number of carbonyl (C=O) groups excluding carboxylic acids is 2. The summed E-state index contributed by atoms with van der Waals surface area (Å²) in [7, 11) is 0. The molecule has 2 atom stereocenters. The zero-order chi connectivity index (χ0) is 27.8. The molecule has 3 aliphatic heterocycles. The van der Waals surface area contributed by atoms with Crippen LogP contribution in [0.2, 0.25) is 0 Å². The number of unbranched alkanes of at least 4 members (excludes halogenated alkanes) is 3. The first-order chi connectivity index (χ1) is 19.6. The van der Waals surface area contributed by atoms with Crippen molar-refractivity contribution < 1.29 is 33.0 Å². The van der Waals surface area contributed by atoms with Crippen molar-refractivity contribution in [3.05, 3.63) is 71.8 Å². The average molecular weight is 551 g/mol. The standard InChI is InChI=1S/C33H44NO6/c1-2-3-4-13-22-37-32(36)38-25-39-33(26-14-7-5-8-15-26,27-16-9-6-10-17-27)31(35)40-30-23-28-18-19-29(24-30)34(28)20-11-12-21-34/h5-10,14-17,28-30H,2-4,11-13,18-25H2,1H3/q+1. The van der Waals surface area contributed by atoms with Gasteiger partial charge in [-0.2, -0.15) is 0 Å². The first-order valence-electron chi connectivity index (χ1n) is 15.2. The predicted molar refractivity (Wildman–Crippen MR) is 151 cm³/mol. The van der Waals surface area contributed by atoms with Gasteiger partial charge < -0.3 is 23.4 Å². The second-order valence-electron chi connectivity index (χ2n) is 11.6. The fourth-order valence-electron chi connectivity index (χ4n) is 7.41. The third-order valence-electron chi connectivity index (χ3n) is 9.35. The summed E-state index contributed by atoms with van der Waals surface area (Å²) in [5, 5.41) is 0. The Morgan fingerprint density at radius 1 is 0.825 bits per heavy atom. The molecule has 2 aromatic carbocycles. The number of piperidine rings is 1. The molecule has 0 aliphatic carbocycles. The Hall–Kier alpha value is -2.90. The molecule has 2 aromatic rings. The molecule has 2 unspecified atom stereocenters. The van der Waals surface area contributed by atoms with Crippen LogP contribution >= 0.6 is 0 Å². The predicted octanol–water partition coefficient (Wildman–Crippen LogP) is 6.49. The fourth-order valence-corrected chi connectivity index (χ4v) is 7.41. The zero-order valence-electron chi connectivity index (χ0n) is 23.8. The minimum atomic E-state index is -1.58. The summed E-state index contributed by atoms with van der Waals surface area (Å²) in [4.78, 5) is 26.6. The summed E-state index contributed by atoms with van der Waals surface area (Å²) in [6.45, 7) is 4.52. The van der Waals surface area contributed by atoms with E-state index in [2.05, 4.69) is 6.92 Å². The third-order valence-corrected chi connectivity index (χ3v) is 9.35. The lowest BCUT2D eigenvalue weighted by Gasteiger charge is -2.47. The smallest absolute Gasteiger partial charge is 0.459 e. The molecule has 2 bridgehead atoms. The molecule has 7 nitrogen and oxygen atoms in total. The second kappa shape index (κ2) is 13.2. The molecule has 3 aliphatic rings. The summed E-state index contributed by atoms with van der Waals surface area (Å²) in [5.41, 5.74) is -0.325. The van der Waals surface area contributed by atoms with Gasteiger partial charge >= 0.3 is 12.1 Å². The SMILES string of the molecule is CCCCCCOC(=O)OCOC(C(=O)OC1CC2CCC(C1)[N+]21CCCC1)(c1ccccc1)c1ccccc1. The monoisotopic (exact) mass is 550 g/mol. The van der Waals surface area contributed by atoms with Gasteiger partial charge in [0.1, 0.15) is 6.10 Å². The number of ether oxygens (including phenoxy) is 4. The van der Waals surface area contributed by atoms with Gasteiger partial charge in [-0.15, -0.1) is 0 Å². The van der Waals surface area contributed by atoms with Crippen molar-refractivity contribution in [2.75, 3.05) is 26.5 Å². The van der Waals surface area contributed by atoms with Crippen molar-refractivity contribution in [2.45, 2.75) is 94.9 Å². The van der Waals surface area contributed by atoms with E-state index in [1.807, 2.05) is 60.7 Å². The van der Waals surface area contributed by atoms with Crippen LogP contribution in [-0.4, -0.2) is 61.3 Å². The van der Waals surface area contributed by atoms with E-state index in [1.165, 1.54) is 43.3 Å². The molecule has 5 rings (SSSR count). The van der Waals surface area contributed by atoms with E-state index >= 15 is 0 Å². The van der Waals surface area contributed by atoms with Crippen molar-refractivity contribution in [1.82, 2.24) is 0 Å². The highest BCUT2D eigenvalue weighted by molar-refractivity contribution is 5.86. The number of quaternary nitrogens is 1. The average Bonchev–Trinajstić information content (AvgIpc) is 3.52. The van der Waals surface area contributed by atoms with Crippen LogP contribution in [0.1, 0.15) is 82.3 Å². The number of esters is 1. The normalized spacial score (nSPS) is 23.2. The van der Waals surface area contributed by atoms with E-state index in [0.717, 1.165) is 38.5 Å². The van der Waals surface area contributed by atoms with Crippen molar-refractivity contribution in [3.63, 3.8) is 0 Å². The lowest BCUT2D eigenvalue weighted by Crippen LogP contribution is -2.60. The second-order valence-corrected chi connectivity index (χ2v) is 11.6. The van der Waals surface area contributed by atoms with E-state index in [1.54, 1.807) is 0 Å². The number of rotatable bonds is 12. The topological polar surface area (TPSA) is 71.1 Å². The van der Waals surface area contributed by atoms with Crippen LogP contribution in [0, 0.1) is 0 Å². The van der Waals surface area contributed by atoms with Gasteiger partial charge in [-0.3, -0.25) is 0 Å². The lowest BCUT2D eigenvalue weighted by molar-refractivity contribution is -0.956. The molecule has 0 amide bonds. The molecular weight excluding hydrogens is 506 g/mol. The van der Waals surface area contributed by atoms with Gasteiger partial charge in [0.05, 0.1) is 31.8 Å². The molecule has 3 saturated heterocycles. The summed E-state index contributed by atoms with van der Waals surface area (Å²) in [6, 6.07) is 19.8. The number of nitrogens with zero attached hydrogens (tertiary/aromatic N) is 1. The Morgan fingerprint density at radius 2 is 1.43 bits per heavy atom. The largest absolute Gasteiger partial charge is 0.510 e. The van der Waals surface area contributed by atoms with Gasteiger partial charge in [-0.25, -0.2) is 9.59 Å². The zero-order valence-corrected chi connectivity index (χ0v) is 23.8. The molecule has 3 heterocycles. The van der Waals surface area contributed by atoms with Gasteiger partial charge in [0.25, 0.3) is 0 Å². The highest BCUT2D eigenvalue weighted by atomic mass is 16.8. The third kappa shape index (κ3) is 5.91. The molecule has 0 N–H and O–H groups in total. The Bertz CT molecular complexity index is 1040. The van der Waals surface area contributed by atoms with Crippen molar-refractivity contribution in [3.8, 4) is 0 Å². The van der Waals surface area contributed by atoms with Crippen LogP contribution in [0.4, 0.5) is 4.79 Å². The lowest BCUT2D eigenvalue weighted by atomic mass is 9.85. The molecule has 7 heteroatoms. The van der Waals surface area contributed by atoms with Crippen LogP contribution in [0.3, 0.4) is 0 Å². The van der Waals surface area contributed by atoms with E-state index in [0.29, 0.717) is 29.8 Å². The molecule has 0 saturated carbocycles. The van der Waals surface area contributed by atoms with E-state index in [-0.39, 0.29) is 6.10 Å². The number of benzene rings is 2. The first-order valence-corrected chi connectivity index (χ1v) is 15.2. The van der Waals surface area contributed by atoms with Gasteiger partial charge in [0.15, 0.2) is 6.79 Å². The van der Waals surface area contributed by atoms with Crippen molar-refractivity contribution >= 4 is 12.1 Å². The Morgan fingerprint density at radius 3 is 2.00 bits per heavy atom. The highest BCUT2D eigenvalue weighted by Gasteiger charge is 2.57. The summed E-state index contributed by atoms with van der Waals surface area (Å²) < 4.78 is 24.4. The summed E-state index contributed by atoms with van der Waals surface area (Å²) >= 11 is 0.